The fourth-order valence-electron chi connectivity index (χ4n) is 1.38. The summed E-state index contributed by atoms with van der Waals surface area (Å²) in [5.74, 6) is -0.790. The number of carboxylic acids is 1. The molecule has 0 atom stereocenters. The van der Waals surface area contributed by atoms with Crippen LogP contribution in [-0.4, -0.2) is 24.7 Å². The van der Waals surface area contributed by atoms with Crippen molar-refractivity contribution in [3.63, 3.8) is 0 Å². The molecule has 1 N–H and O–H groups in total. The van der Waals surface area contributed by atoms with Gasteiger partial charge in [0, 0.05) is 24.3 Å². The van der Waals surface area contributed by atoms with Gasteiger partial charge in [0.15, 0.2) is 0 Å². The Kier molecular flexibility index (Phi) is 3.97. The number of aliphatic carboxylic acids is 1. The SMILES string of the molecule is Cc1ccc(Cl)cc1N(C)CCC(=O)O. The Labute approximate surface area is 94.3 Å². The van der Waals surface area contributed by atoms with Crippen molar-refractivity contribution < 1.29 is 9.90 Å². The molecule has 0 aromatic heterocycles. The van der Waals surface area contributed by atoms with Crippen molar-refractivity contribution >= 4 is 23.3 Å². The lowest BCUT2D eigenvalue weighted by Gasteiger charge is -2.20. The fraction of sp³-hybridized carbons (Fsp3) is 0.364. The molecular weight excluding hydrogens is 214 g/mol. The second kappa shape index (κ2) is 5.03. The van der Waals surface area contributed by atoms with E-state index in [9.17, 15) is 4.79 Å². The highest BCUT2D eigenvalue weighted by atomic mass is 35.5. The summed E-state index contributed by atoms with van der Waals surface area (Å²) in [6, 6.07) is 5.60. The number of hydrogen-bond donors (Lipinski definition) is 1. The van der Waals surface area contributed by atoms with Crippen molar-refractivity contribution in [3.05, 3.63) is 28.8 Å². The quantitative estimate of drug-likeness (QED) is 0.860. The molecule has 0 radical (unpaired) electrons. The molecule has 1 aromatic carbocycles. The predicted octanol–water partition coefficient (Wildman–Crippen LogP) is 2.56. The van der Waals surface area contributed by atoms with Crippen LogP contribution in [-0.2, 0) is 4.79 Å². The van der Waals surface area contributed by atoms with E-state index >= 15 is 0 Å². The largest absolute Gasteiger partial charge is 0.481 e. The van der Waals surface area contributed by atoms with E-state index in [1.807, 2.05) is 37.1 Å². The van der Waals surface area contributed by atoms with Crippen LogP contribution in [0.3, 0.4) is 0 Å². The first kappa shape index (κ1) is 11.9. The fourth-order valence-corrected chi connectivity index (χ4v) is 1.54. The van der Waals surface area contributed by atoms with Crippen LogP contribution in [0.4, 0.5) is 5.69 Å². The van der Waals surface area contributed by atoms with Crippen molar-refractivity contribution in [2.24, 2.45) is 0 Å². The molecule has 0 saturated carbocycles. The predicted molar refractivity (Wildman–Crippen MR) is 61.7 cm³/mol. The number of carbonyl (C=O) groups is 1. The number of nitrogens with zero attached hydrogens (tertiary/aromatic N) is 1. The Morgan fingerprint density at radius 3 is 2.80 bits per heavy atom. The van der Waals surface area contributed by atoms with Crippen LogP contribution in [0.1, 0.15) is 12.0 Å². The molecule has 0 heterocycles. The van der Waals surface area contributed by atoms with Crippen molar-refractivity contribution in [2.45, 2.75) is 13.3 Å². The lowest BCUT2D eigenvalue weighted by molar-refractivity contribution is -0.136. The molecule has 3 nitrogen and oxygen atoms in total. The zero-order chi connectivity index (χ0) is 11.4. The summed E-state index contributed by atoms with van der Waals surface area (Å²) in [6.07, 6.45) is 0.127. The Hall–Kier alpha value is -1.22. The van der Waals surface area contributed by atoms with Crippen LogP contribution in [0.25, 0.3) is 0 Å². The first-order valence-electron chi connectivity index (χ1n) is 4.70. The maximum atomic E-state index is 10.4. The zero-order valence-corrected chi connectivity index (χ0v) is 9.58. The Bertz CT molecular complexity index is 366. The molecule has 0 fully saturated rings. The first-order valence-corrected chi connectivity index (χ1v) is 5.07. The summed E-state index contributed by atoms with van der Waals surface area (Å²) in [5.41, 5.74) is 2.07. The summed E-state index contributed by atoms with van der Waals surface area (Å²) in [6.45, 7) is 2.46. The second-order valence-electron chi connectivity index (χ2n) is 3.50. The van der Waals surface area contributed by atoms with Crippen molar-refractivity contribution in [2.75, 3.05) is 18.5 Å². The van der Waals surface area contributed by atoms with E-state index in [-0.39, 0.29) is 6.42 Å². The van der Waals surface area contributed by atoms with Gasteiger partial charge in [-0.1, -0.05) is 17.7 Å². The molecule has 0 spiro atoms. The molecule has 1 rings (SSSR count). The van der Waals surface area contributed by atoms with Gasteiger partial charge in [-0.25, -0.2) is 0 Å². The van der Waals surface area contributed by atoms with Gasteiger partial charge >= 0.3 is 5.97 Å². The zero-order valence-electron chi connectivity index (χ0n) is 8.83. The minimum atomic E-state index is -0.790. The van der Waals surface area contributed by atoms with E-state index in [1.165, 1.54) is 0 Å². The number of halogens is 1. The van der Waals surface area contributed by atoms with Crippen LogP contribution in [0, 0.1) is 6.92 Å². The van der Waals surface area contributed by atoms with Gasteiger partial charge in [0.1, 0.15) is 0 Å². The van der Waals surface area contributed by atoms with Crippen LogP contribution >= 0.6 is 11.6 Å². The van der Waals surface area contributed by atoms with Crippen LogP contribution in [0.2, 0.25) is 5.02 Å². The van der Waals surface area contributed by atoms with Gasteiger partial charge < -0.3 is 10.0 Å². The molecule has 1 aromatic rings. The van der Waals surface area contributed by atoms with E-state index < -0.39 is 5.97 Å². The van der Waals surface area contributed by atoms with Crippen molar-refractivity contribution in [1.82, 2.24) is 0 Å². The number of benzene rings is 1. The highest BCUT2D eigenvalue weighted by molar-refractivity contribution is 6.30. The Morgan fingerprint density at radius 1 is 1.53 bits per heavy atom. The Morgan fingerprint density at radius 2 is 2.20 bits per heavy atom. The number of carboxylic acid groups (broad SMARTS) is 1. The van der Waals surface area contributed by atoms with E-state index in [4.69, 9.17) is 16.7 Å². The number of hydrogen-bond acceptors (Lipinski definition) is 2. The van der Waals surface area contributed by atoms with E-state index in [2.05, 4.69) is 0 Å². The molecular formula is C11H14ClNO2. The standard InChI is InChI=1S/C11H14ClNO2/c1-8-3-4-9(12)7-10(8)13(2)6-5-11(14)15/h3-4,7H,5-6H2,1-2H3,(H,14,15). The van der Waals surface area contributed by atoms with Crippen LogP contribution in [0.5, 0.6) is 0 Å². The van der Waals surface area contributed by atoms with Gasteiger partial charge in [-0.2, -0.15) is 0 Å². The highest BCUT2D eigenvalue weighted by Gasteiger charge is 2.06. The molecule has 0 aliphatic rings. The minimum Gasteiger partial charge on any atom is -0.481 e. The third-order valence-electron chi connectivity index (χ3n) is 2.24. The van der Waals surface area contributed by atoms with Gasteiger partial charge in [-0.15, -0.1) is 0 Å². The monoisotopic (exact) mass is 227 g/mol. The normalized spacial score (nSPS) is 10.1. The first-order chi connectivity index (χ1) is 7.00. The van der Waals surface area contributed by atoms with Gasteiger partial charge in [-0.05, 0) is 24.6 Å². The van der Waals surface area contributed by atoms with Gasteiger partial charge in [-0.3, -0.25) is 4.79 Å². The van der Waals surface area contributed by atoms with E-state index in [0.717, 1.165) is 11.3 Å². The summed E-state index contributed by atoms with van der Waals surface area (Å²) in [7, 11) is 1.86. The topological polar surface area (TPSA) is 40.5 Å². The summed E-state index contributed by atoms with van der Waals surface area (Å²) < 4.78 is 0. The molecule has 0 aliphatic carbocycles. The molecule has 0 aliphatic heterocycles. The molecule has 82 valence electrons. The van der Waals surface area contributed by atoms with Crippen LogP contribution < -0.4 is 4.90 Å². The molecule has 4 heteroatoms. The summed E-state index contributed by atoms with van der Waals surface area (Å²) in [5, 5.41) is 9.25. The van der Waals surface area contributed by atoms with Crippen molar-refractivity contribution in [1.29, 1.82) is 0 Å². The summed E-state index contributed by atoms with van der Waals surface area (Å²) >= 11 is 5.88. The van der Waals surface area contributed by atoms with Crippen LogP contribution in [0.15, 0.2) is 18.2 Å². The lowest BCUT2D eigenvalue weighted by atomic mass is 10.2. The average molecular weight is 228 g/mol. The van der Waals surface area contributed by atoms with E-state index in [0.29, 0.717) is 11.6 Å². The highest BCUT2D eigenvalue weighted by Crippen LogP contribution is 2.23. The number of aryl methyl sites for hydroxylation is 1. The Balaban J connectivity index is 2.76. The molecule has 0 amide bonds. The average Bonchev–Trinajstić information content (AvgIpc) is 2.18. The number of anilines is 1. The third-order valence-corrected chi connectivity index (χ3v) is 2.48. The molecule has 0 bridgehead atoms. The van der Waals surface area contributed by atoms with Gasteiger partial charge in [0.25, 0.3) is 0 Å². The molecule has 0 unspecified atom stereocenters. The van der Waals surface area contributed by atoms with Gasteiger partial charge in [0.05, 0.1) is 6.42 Å². The van der Waals surface area contributed by atoms with Gasteiger partial charge in [0.2, 0.25) is 0 Å². The molecule has 0 saturated heterocycles. The number of rotatable bonds is 4. The lowest BCUT2D eigenvalue weighted by Crippen LogP contribution is -2.21. The maximum Gasteiger partial charge on any atom is 0.305 e. The van der Waals surface area contributed by atoms with E-state index in [1.54, 1.807) is 0 Å². The third kappa shape index (κ3) is 3.44. The minimum absolute atomic E-state index is 0.127. The molecule has 15 heavy (non-hydrogen) atoms. The van der Waals surface area contributed by atoms with Crippen molar-refractivity contribution in [3.8, 4) is 0 Å². The smallest absolute Gasteiger partial charge is 0.305 e. The summed E-state index contributed by atoms with van der Waals surface area (Å²) in [4.78, 5) is 12.3. The maximum absolute atomic E-state index is 10.4. The second-order valence-corrected chi connectivity index (χ2v) is 3.93.